The quantitative estimate of drug-likeness (QED) is 0.798. The summed E-state index contributed by atoms with van der Waals surface area (Å²) in [6.45, 7) is 2.94. The van der Waals surface area contributed by atoms with E-state index in [1.807, 2.05) is 0 Å². The number of halogens is 2. The van der Waals surface area contributed by atoms with E-state index in [-0.39, 0.29) is 0 Å². The predicted octanol–water partition coefficient (Wildman–Crippen LogP) is 2.80. The average Bonchev–Trinajstić information content (AvgIpc) is 3.06. The number of amides is 1. The Hall–Kier alpha value is -2.57. The van der Waals surface area contributed by atoms with E-state index in [1.165, 1.54) is 34.4 Å². The van der Waals surface area contributed by atoms with Crippen molar-refractivity contribution in [3.05, 3.63) is 55.2 Å². The third-order valence-electron chi connectivity index (χ3n) is 2.56. The minimum Gasteiger partial charge on any atom is -0.257 e. The van der Waals surface area contributed by atoms with E-state index < -0.39 is 23.7 Å². The van der Waals surface area contributed by atoms with Crippen LogP contribution in [0.4, 0.5) is 13.6 Å². The van der Waals surface area contributed by atoms with Crippen molar-refractivity contribution in [1.29, 1.82) is 0 Å². The van der Waals surface area contributed by atoms with Crippen molar-refractivity contribution in [3.8, 4) is 0 Å². The largest absolute Gasteiger partial charge is 0.350 e. The van der Waals surface area contributed by atoms with Crippen LogP contribution in [0, 0.1) is 0 Å². The molecule has 0 aromatic carbocycles. The Balaban J connectivity index is 2.08. The SMILES string of the molecule is C=C(F)/C=C(F)\C=C\[C@@H]1CC=NN1C(=O)n1ccnc1. The maximum Gasteiger partial charge on any atom is 0.350 e. The summed E-state index contributed by atoms with van der Waals surface area (Å²) in [4.78, 5) is 15.8. The smallest absolute Gasteiger partial charge is 0.257 e. The van der Waals surface area contributed by atoms with E-state index in [0.29, 0.717) is 12.5 Å². The first-order chi connectivity index (χ1) is 9.58. The molecule has 1 atom stereocenters. The fourth-order valence-electron chi connectivity index (χ4n) is 1.67. The van der Waals surface area contributed by atoms with E-state index in [4.69, 9.17) is 0 Å². The Morgan fingerprint density at radius 2 is 2.25 bits per heavy atom. The van der Waals surface area contributed by atoms with E-state index in [2.05, 4.69) is 16.7 Å². The summed E-state index contributed by atoms with van der Waals surface area (Å²) in [6.07, 6.45) is 9.51. The van der Waals surface area contributed by atoms with Gasteiger partial charge in [-0.3, -0.25) is 4.57 Å². The van der Waals surface area contributed by atoms with Crippen LogP contribution in [0.2, 0.25) is 0 Å². The topological polar surface area (TPSA) is 50.5 Å². The van der Waals surface area contributed by atoms with Crippen molar-refractivity contribution in [2.75, 3.05) is 0 Å². The monoisotopic (exact) mass is 278 g/mol. The van der Waals surface area contributed by atoms with Gasteiger partial charge < -0.3 is 0 Å². The molecule has 0 radical (unpaired) electrons. The molecule has 0 saturated heterocycles. The molecule has 7 heteroatoms. The molecule has 1 aromatic rings. The van der Waals surface area contributed by atoms with Crippen LogP contribution >= 0.6 is 0 Å². The van der Waals surface area contributed by atoms with Gasteiger partial charge >= 0.3 is 6.03 Å². The zero-order valence-corrected chi connectivity index (χ0v) is 10.5. The summed E-state index contributed by atoms with van der Waals surface area (Å²) in [5.41, 5.74) is 0. The van der Waals surface area contributed by atoms with E-state index in [9.17, 15) is 13.6 Å². The van der Waals surface area contributed by atoms with Gasteiger partial charge in [0, 0.05) is 31.1 Å². The van der Waals surface area contributed by atoms with Crippen molar-refractivity contribution in [3.63, 3.8) is 0 Å². The summed E-state index contributed by atoms with van der Waals surface area (Å²) in [5.74, 6) is -1.65. The second kappa shape index (κ2) is 6.05. The minimum atomic E-state index is -0.874. The molecule has 1 amide bonds. The molecule has 0 spiro atoms. The fourth-order valence-corrected chi connectivity index (χ4v) is 1.67. The van der Waals surface area contributed by atoms with E-state index in [1.54, 1.807) is 6.21 Å². The Labute approximate surface area is 114 Å². The Morgan fingerprint density at radius 3 is 2.90 bits per heavy atom. The van der Waals surface area contributed by atoms with Gasteiger partial charge in [-0.05, 0) is 6.08 Å². The molecule has 1 aliphatic rings. The standard InChI is InChI=1S/C13H12F2N4O/c1-10(14)8-11(15)2-3-12-4-5-17-19(12)13(20)18-7-6-16-9-18/h2-3,5-9,12H,1,4H2/b3-2+,11-8+/t12-/m1/s1. The summed E-state index contributed by atoms with van der Waals surface area (Å²) in [5, 5.41) is 5.14. The lowest BCUT2D eigenvalue weighted by Gasteiger charge is -2.18. The lowest BCUT2D eigenvalue weighted by atomic mass is 10.2. The van der Waals surface area contributed by atoms with Crippen molar-refractivity contribution in [2.24, 2.45) is 5.10 Å². The van der Waals surface area contributed by atoms with Gasteiger partial charge in [-0.2, -0.15) is 5.10 Å². The molecule has 0 aliphatic carbocycles. The van der Waals surface area contributed by atoms with Crippen LogP contribution in [0.3, 0.4) is 0 Å². The average molecular weight is 278 g/mol. The van der Waals surface area contributed by atoms with Crippen LogP contribution in [0.1, 0.15) is 6.42 Å². The molecule has 2 heterocycles. The third kappa shape index (κ3) is 3.25. The molecule has 5 nitrogen and oxygen atoms in total. The lowest BCUT2D eigenvalue weighted by Crippen LogP contribution is -2.34. The first-order valence-electron chi connectivity index (χ1n) is 5.81. The summed E-state index contributed by atoms with van der Waals surface area (Å²) >= 11 is 0. The molecule has 1 aromatic heterocycles. The van der Waals surface area contributed by atoms with Crippen LogP contribution in [-0.4, -0.2) is 32.8 Å². The highest BCUT2D eigenvalue weighted by Gasteiger charge is 2.25. The van der Waals surface area contributed by atoms with Gasteiger partial charge in [0.25, 0.3) is 0 Å². The highest BCUT2D eigenvalue weighted by atomic mass is 19.1. The molecular weight excluding hydrogens is 266 g/mol. The molecule has 0 saturated carbocycles. The van der Waals surface area contributed by atoms with Gasteiger partial charge in [-0.15, -0.1) is 0 Å². The maximum atomic E-state index is 13.2. The minimum absolute atomic E-state index is 0.398. The second-order valence-electron chi connectivity index (χ2n) is 4.03. The lowest BCUT2D eigenvalue weighted by molar-refractivity contribution is 0.196. The number of hydrogen-bond acceptors (Lipinski definition) is 3. The number of hydrogen-bond donors (Lipinski definition) is 0. The number of rotatable bonds is 3. The van der Waals surface area contributed by atoms with Gasteiger partial charge in [0.2, 0.25) is 0 Å². The molecule has 0 bridgehead atoms. The van der Waals surface area contributed by atoms with E-state index in [0.717, 1.165) is 6.08 Å². The van der Waals surface area contributed by atoms with Crippen molar-refractivity contribution >= 4 is 12.2 Å². The number of carbonyl (C=O) groups is 1. The highest BCUT2D eigenvalue weighted by Crippen LogP contribution is 2.16. The highest BCUT2D eigenvalue weighted by molar-refractivity contribution is 5.80. The van der Waals surface area contributed by atoms with Crippen LogP contribution in [-0.2, 0) is 0 Å². The Kier molecular flexibility index (Phi) is 4.19. The summed E-state index contributed by atoms with van der Waals surface area (Å²) in [6, 6.07) is -0.817. The van der Waals surface area contributed by atoms with Crippen molar-refractivity contribution < 1.29 is 13.6 Å². The van der Waals surface area contributed by atoms with Crippen LogP contribution in [0.5, 0.6) is 0 Å². The van der Waals surface area contributed by atoms with Gasteiger partial charge in [-0.25, -0.2) is 23.6 Å². The van der Waals surface area contributed by atoms with Crippen molar-refractivity contribution in [1.82, 2.24) is 14.6 Å². The first kappa shape index (κ1) is 13.9. The van der Waals surface area contributed by atoms with Gasteiger partial charge in [0.1, 0.15) is 18.0 Å². The van der Waals surface area contributed by atoms with Gasteiger partial charge in [0.15, 0.2) is 0 Å². The number of allylic oxidation sites excluding steroid dienone is 4. The number of hydrazone groups is 1. The summed E-state index contributed by atoms with van der Waals surface area (Å²) in [7, 11) is 0. The normalized spacial score (nSPS) is 19.0. The predicted molar refractivity (Wildman–Crippen MR) is 70.3 cm³/mol. The van der Waals surface area contributed by atoms with Crippen LogP contribution in [0.15, 0.2) is 60.3 Å². The molecule has 2 rings (SSSR count). The molecule has 1 aliphatic heterocycles. The molecule has 0 unspecified atom stereocenters. The zero-order chi connectivity index (χ0) is 14.5. The van der Waals surface area contributed by atoms with E-state index >= 15 is 0 Å². The molecule has 104 valence electrons. The first-order valence-corrected chi connectivity index (χ1v) is 5.81. The Morgan fingerprint density at radius 1 is 1.45 bits per heavy atom. The maximum absolute atomic E-state index is 13.2. The van der Waals surface area contributed by atoms with Crippen LogP contribution in [0.25, 0.3) is 0 Å². The third-order valence-corrected chi connectivity index (χ3v) is 2.56. The molecular formula is C13H12F2N4O. The zero-order valence-electron chi connectivity index (χ0n) is 10.5. The number of carbonyl (C=O) groups excluding carboxylic acids is 1. The van der Waals surface area contributed by atoms with Crippen molar-refractivity contribution in [2.45, 2.75) is 12.5 Å². The summed E-state index contributed by atoms with van der Waals surface area (Å²) < 4.78 is 26.9. The number of imidazole rings is 1. The number of nitrogens with zero attached hydrogens (tertiary/aromatic N) is 4. The molecule has 0 N–H and O–H groups in total. The fraction of sp³-hybridized carbons (Fsp3) is 0.154. The molecule has 20 heavy (non-hydrogen) atoms. The molecule has 0 fully saturated rings. The second-order valence-corrected chi connectivity index (χ2v) is 4.03. The number of aromatic nitrogens is 2. The Bertz CT molecular complexity index is 590. The van der Waals surface area contributed by atoms with Crippen LogP contribution < -0.4 is 0 Å². The van der Waals surface area contributed by atoms with Gasteiger partial charge in [0.05, 0.1) is 6.04 Å². The van der Waals surface area contributed by atoms with Gasteiger partial charge in [-0.1, -0.05) is 12.7 Å².